The van der Waals surface area contributed by atoms with Crippen LogP contribution in [0.15, 0.2) is 0 Å². The van der Waals surface area contributed by atoms with Crippen LogP contribution >= 0.6 is 11.6 Å². The lowest BCUT2D eigenvalue weighted by atomic mass is 10.1. The average Bonchev–Trinajstić information content (AvgIpc) is 2.23. The molecule has 0 bridgehead atoms. The third-order valence-electron chi connectivity index (χ3n) is 1.83. The predicted molar refractivity (Wildman–Crippen MR) is 61.6 cm³/mol. The molecule has 2 N–H and O–H groups in total. The van der Waals surface area contributed by atoms with E-state index >= 15 is 0 Å². The Kier molecular flexibility index (Phi) is 7.44. The van der Waals surface area contributed by atoms with Crippen molar-refractivity contribution in [3.63, 3.8) is 0 Å². The van der Waals surface area contributed by atoms with Crippen molar-refractivity contribution in [3.8, 4) is 0 Å². The largest absolute Gasteiger partial charge is 0.452 e. The summed E-state index contributed by atoms with van der Waals surface area (Å²) < 4.78 is 30.4. The molecule has 0 saturated heterocycles. The van der Waals surface area contributed by atoms with Gasteiger partial charge in [0.25, 0.3) is 0 Å². The van der Waals surface area contributed by atoms with Gasteiger partial charge in [0.05, 0.1) is 7.11 Å². The van der Waals surface area contributed by atoms with Crippen LogP contribution in [0.3, 0.4) is 0 Å². The Morgan fingerprint density at radius 3 is 2.62 bits per heavy atom. The molecule has 0 aliphatic carbocycles. The normalized spacial score (nSPS) is 13.2. The van der Waals surface area contributed by atoms with Crippen molar-refractivity contribution in [1.82, 2.24) is 9.44 Å². The zero-order chi connectivity index (χ0) is 12.6. The minimum Gasteiger partial charge on any atom is -0.452 e. The summed E-state index contributed by atoms with van der Waals surface area (Å²) in [6.45, 7) is 2.24. The zero-order valence-electron chi connectivity index (χ0n) is 9.32. The number of carbonyl (C=O) groups is 1. The van der Waals surface area contributed by atoms with Crippen molar-refractivity contribution < 1.29 is 17.9 Å². The van der Waals surface area contributed by atoms with Crippen LogP contribution in [-0.4, -0.2) is 34.0 Å². The van der Waals surface area contributed by atoms with Crippen molar-refractivity contribution >= 4 is 27.9 Å². The molecule has 16 heavy (non-hydrogen) atoms. The molecular weight excluding hydrogens is 256 g/mol. The van der Waals surface area contributed by atoms with Crippen LogP contribution in [0.1, 0.15) is 19.8 Å². The first-order valence-electron chi connectivity index (χ1n) is 4.82. The predicted octanol–water partition coefficient (Wildman–Crippen LogP) is 0.832. The molecule has 0 heterocycles. The topological polar surface area (TPSA) is 84.5 Å². The first kappa shape index (κ1) is 15.5. The molecule has 0 aromatic heterocycles. The summed E-state index contributed by atoms with van der Waals surface area (Å²) >= 11 is 5.60. The molecule has 6 nitrogen and oxygen atoms in total. The van der Waals surface area contributed by atoms with Gasteiger partial charge in [-0.1, -0.05) is 6.92 Å². The van der Waals surface area contributed by atoms with Crippen LogP contribution in [0.25, 0.3) is 0 Å². The van der Waals surface area contributed by atoms with Gasteiger partial charge in [0.15, 0.2) is 0 Å². The highest BCUT2D eigenvalue weighted by molar-refractivity contribution is 7.88. The van der Waals surface area contributed by atoms with Gasteiger partial charge in [-0.2, -0.15) is 13.1 Å². The van der Waals surface area contributed by atoms with Crippen LogP contribution in [-0.2, 0) is 14.9 Å². The Labute approximate surface area is 101 Å². The molecule has 8 heteroatoms. The van der Waals surface area contributed by atoms with E-state index in [1.807, 2.05) is 6.92 Å². The summed E-state index contributed by atoms with van der Waals surface area (Å²) in [5.74, 6) is 0.896. The van der Waals surface area contributed by atoms with E-state index in [4.69, 9.17) is 11.6 Å². The second-order valence-electron chi connectivity index (χ2n) is 3.39. The number of hydrogen-bond acceptors (Lipinski definition) is 4. The highest BCUT2D eigenvalue weighted by atomic mass is 35.5. The minimum absolute atomic E-state index is 0.257. The van der Waals surface area contributed by atoms with Crippen molar-refractivity contribution in [2.24, 2.45) is 5.92 Å². The number of ether oxygens (including phenoxy) is 1. The fourth-order valence-electron chi connectivity index (χ4n) is 0.922. The molecule has 0 aromatic carbocycles. The van der Waals surface area contributed by atoms with Gasteiger partial charge in [0, 0.05) is 12.4 Å². The van der Waals surface area contributed by atoms with E-state index in [1.165, 1.54) is 0 Å². The molecule has 0 rings (SSSR count). The van der Waals surface area contributed by atoms with E-state index in [0.717, 1.165) is 13.5 Å². The molecule has 0 radical (unpaired) electrons. The molecule has 0 saturated carbocycles. The fraction of sp³-hybridized carbons (Fsp3) is 0.875. The Balaban J connectivity index is 3.79. The Bertz CT molecular complexity index is 307. The number of alkyl halides is 1. The van der Waals surface area contributed by atoms with Gasteiger partial charge >= 0.3 is 16.3 Å². The first-order valence-corrected chi connectivity index (χ1v) is 6.84. The summed E-state index contributed by atoms with van der Waals surface area (Å²) in [4.78, 5) is 10.6. The fourth-order valence-corrected chi connectivity index (χ4v) is 1.86. The molecular formula is C8H17ClN2O4S. The number of nitrogens with one attached hydrogen (secondary N) is 2. The number of amides is 1. The third-order valence-corrected chi connectivity index (χ3v) is 3.38. The van der Waals surface area contributed by atoms with Gasteiger partial charge < -0.3 is 4.74 Å². The molecule has 1 unspecified atom stereocenters. The van der Waals surface area contributed by atoms with Gasteiger partial charge in [0.2, 0.25) is 0 Å². The zero-order valence-corrected chi connectivity index (χ0v) is 10.9. The second-order valence-corrected chi connectivity index (χ2v) is 5.20. The second kappa shape index (κ2) is 7.70. The van der Waals surface area contributed by atoms with Gasteiger partial charge in [-0.15, -0.1) is 11.6 Å². The molecule has 1 atom stereocenters. The van der Waals surface area contributed by atoms with Crippen molar-refractivity contribution in [2.45, 2.75) is 19.8 Å². The number of halogens is 1. The Morgan fingerprint density at radius 2 is 2.12 bits per heavy atom. The quantitative estimate of drug-likeness (QED) is 0.531. The van der Waals surface area contributed by atoms with Crippen molar-refractivity contribution in [1.29, 1.82) is 0 Å². The average molecular weight is 273 g/mol. The summed E-state index contributed by atoms with van der Waals surface area (Å²) in [6.07, 6.45) is 0.474. The third kappa shape index (κ3) is 7.72. The van der Waals surface area contributed by atoms with E-state index in [-0.39, 0.29) is 6.54 Å². The molecule has 0 aromatic rings. The number of hydrogen-bond donors (Lipinski definition) is 2. The SMILES string of the molecule is COC(=O)NS(=O)(=O)NCCCC(C)CCl. The van der Waals surface area contributed by atoms with Gasteiger partial charge in [-0.25, -0.2) is 9.52 Å². The van der Waals surface area contributed by atoms with E-state index in [0.29, 0.717) is 18.2 Å². The number of rotatable bonds is 7. The molecule has 1 amide bonds. The highest BCUT2D eigenvalue weighted by Crippen LogP contribution is 2.06. The van der Waals surface area contributed by atoms with E-state index in [2.05, 4.69) is 9.46 Å². The standard InChI is InChI=1S/C8H17ClN2O4S/c1-7(6-9)4-3-5-10-16(13,14)11-8(12)15-2/h7,10H,3-6H2,1-2H3,(H,11,12). The maximum Gasteiger partial charge on any atom is 0.421 e. The van der Waals surface area contributed by atoms with Crippen LogP contribution in [0, 0.1) is 5.92 Å². The van der Waals surface area contributed by atoms with Crippen molar-refractivity contribution in [3.05, 3.63) is 0 Å². The summed E-state index contributed by atoms with van der Waals surface area (Å²) in [6, 6.07) is 0. The monoisotopic (exact) mass is 272 g/mol. The smallest absolute Gasteiger partial charge is 0.421 e. The lowest BCUT2D eigenvalue weighted by Gasteiger charge is -2.09. The maximum atomic E-state index is 11.2. The van der Waals surface area contributed by atoms with Gasteiger partial charge in [-0.3, -0.25) is 0 Å². The van der Waals surface area contributed by atoms with Gasteiger partial charge in [0.1, 0.15) is 0 Å². The highest BCUT2D eigenvalue weighted by Gasteiger charge is 2.13. The van der Waals surface area contributed by atoms with E-state index in [9.17, 15) is 13.2 Å². The minimum atomic E-state index is -3.81. The Morgan fingerprint density at radius 1 is 1.50 bits per heavy atom. The van der Waals surface area contributed by atoms with E-state index in [1.54, 1.807) is 4.72 Å². The van der Waals surface area contributed by atoms with Crippen molar-refractivity contribution in [2.75, 3.05) is 19.5 Å². The number of carbonyl (C=O) groups excluding carboxylic acids is 1. The van der Waals surface area contributed by atoms with Crippen LogP contribution in [0.5, 0.6) is 0 Å². The lowest BCUT2D eigenvalue weighted by molar-refractivity contribution is 0.177. The Hall–Kier alpha value is -0.530. The summed E-state index contributed by atoms with van der Waals surface area (Å²) in [7, 11) is -2.71. The molecule has 0 spiro atoms. The molecule has 0 aliphatic rings. The summed E-state index contributed by atoms with van der Waals surface area (Å²) in [5.41, 5.74) is 0. The lowest BCUT2D eigenvalue weighted by Crippen LogP contribution is -2.40. The van der Waals surface area contributed by atoms with Gasteiger partial charge in [-0.05, 0) is 18.8 Å². The maximum absolute atomic E-state index is 11.2. The van der Waals surface area contributed by atoms with Crippen LogP contribution in [0.2, 0.25) is 0 Å². The molecule has 0 fully saturated rings. The molecule has 0 aliphatic heterocycles. The summed E-state index contributed by atoms with van der Waals surface area (Å²) in [5, 5.41) is 0. The van der Waals surface area contributed by atoms with E-state index < -0.39 is 16.3 Å². The molecule has 96 valence electrons. The first-order chi connectivity index (χ1) is 7.41. The van der Waals surface area contributed by atoms with Crippen LogP contribution < -0.4 is 9.44 Å². The van der Waals surface area contributed by atoms with Crippen LogP contribution in [0.4, 0.5) is 4.79 Å². The number of methoxy groups -OCH3 is 1.